The maximum atomic E-state index is 10.9. The van der Waals surface area contributed by atoms with Crippen molar-refractivity contribution in [1.29, 1.82) is 0 Å². The van der Waals surface area contributed by atoms with Crippen molar-refractivity contribution in [2.75, 3.05) is 6.26 Å². The summed E-state index contributed by atoms with van der Waals surface area (Å²) >= 11 is 0. The molecule has 5 nitrogen and oxygen atoms in total. The van der Waals surface area contributed by atoms with Gasteiger partial charge < -0.3 is 0 Å². The average molecular weight is 242 g/mol. The largest absolute Gasteiger partial charge is 0.281 e. The van der Waals surface area contributed by atoms with Crippen molar-refractivity contribution in [3.05, 3.63) is 35.4 Å². The minimum absolute atomic E-state index is 0.118. The fourth-order valence-electron chi connectivity index (χ4n) is 1.93. The monoisotopic (exact) mass is 242 g/mol. The topological polar surface area (TPSA) is 72.6 Å². The molecule has 0 saturated carbocycles. The van der Waals surface area contributed by atoms with E-state index in [1.54, 1.807) is 0 Å². The van der Waals surface area contributed by atoms with Crippen LogP contribution in [0.2, 0.25) is 0 Å². The summed E-state index contributed by atoms with van der Waals surface area (Å²) in [4.78, 5) is 0. The normalized spacial score (nSPS) is 16.7. The molecule has 0 atom stereocenters. The van der Waals surface area contributed by atoms with Gasteiger partial charge in [-0.25, -0.2) is 5.84 Å². The first kappa shape index (κ1) is 11.5. The zero-order chi connectivity index (χ0) is 11.8. The standard InChI is InChI=1S/C10H14N2O3S/c1-16(13,14)15-12(11)10-6-8-4-2-3-5-9(8)7-10/h2-5,10H,6-7,11H2,1H3. The van der Waals surface area contributed by atoms with E-state index in [-0.39, 0.29) is 6.04 Å². The van der Waals surface area contributed by atoms with Crippen molar-refractivity contribution in [2.24, 2.45) is 5.84 Å². The van der Waals surface area contributed by atoms with Crippen LogP contribution in [0.25, 0.3) is 0 Å². The Balaban J connectivity index is 2.06. The van der Waals surface area contributed by atoms with E-state index in [2.05, 4.69) is 4.28 Å². The maximum absolute atomic E-state index is 10.9. The van der Waals surface area contributed by atoms with Crippen molar-refractivity contribution in [3.63, 3.8) is 0 Å². The summed E-state index contributed by atoms with van der Waals surface area (Å²) < 4.78 is 26.5. The Labute approximate surface area is 94.9 Å². The van der Waals surface area contributed by atoms with Gasteiger partial charge in [0.05, 0.1) is 12.3 Å². The van der Waals surface area contributed by atoms with E-state index in [1.807, 2.05) is 24.3 Å². The molecule has 6 heteroatoms. The Hall–Kier alpha value is -0.950. The van der Waals surface area contributed by atoms with Crippen LogP contribution in [0.15, 0.2) is 24.3 Å². The molecule has 1 aliphatic carbocycles. The third kappa shape index (κ3) is 2.59. The second-order valence-corrected chi connectivity index (χ2v) is 5.53. The van der Waals surface area contributed by atoms with Crippen LogP contribution in [0.5, 0.6) is 0 Å². The molecule has 0 unspecified atom stereocenters. The number of hydrogen-bond acceptors (Lipinski definition) is 5. The van der Waals surface area contributed by atoms with Crippen molar-refractivity contribution >= 4 is 10.1 Å². The molecule has 2 rings (SSSR count). The zero-order valence-electron chi connectivity index (χ0n) is 8.96. The number of nitrogens with two attached hydrogens (primary N) is 1. The summed E-state index contributed by atoms with van der Waals surface area (Å²) in [6, 6.07) is 7.83. The second kappa shape index (κ2) is 4.14. The van der Waals surface area contributed by atoms with Crippen LogP contribution in [-0.2, 0) is 27.2 Å². The molecule has 0 aromatic heterocycles. The van der Waals surface area contributed by atoms with Crippen LogP contribution in [0, 0.1) is 0 Å². The van der Waals surface area contributed by atoms with Gasteiger partial charge in [-0.3, -0.25) is 0 Å². The van der Waals surface area contributed by atoms with Crippen LogP contribution in [0.1, 0.15) is 11.1 Å². The Bertz CT molecular complexity index is 462. The Morgan fingerprint density at radius 3 is 2.25 bits per heavy atom. The highest BCUT2D eigenvalue weighted by molar-refractivity contribution is 7.85. The molecule has 1 aromatic rings. The van der Waals surface area contributed by atoms with Crippen LogP contribution in [0.3, 0.4) is 0 Å². The van der Waals surface area contributed by atoms with Crippen LogP contribution in [-0.4, -0.2) is 25.9 Å². The van der Waals surface area contributed by atoms with E-state index in [0.29, 0.717) is 12.8 Å². The van der Waals surface area contributed by atoms with Crippen molar-refractivity contribution in [1.82, 2.24) is 5.17 Å². The smallest absolute Gasteiger partial charge is 0.244 e. The lowest BCUT2D eigenvalue weighted by atomic mass is 10.1. The quantitative estimate of drug-likeness (QED) is 0.606. The summed E-state index contributed by atoms with van der Waals surface area (Å²) in [7, 11) is -3.55. The molecule has 0 amide bonds. The van der Waals surface area contributed by atoms with Gasteiger partial charge in [-0.1, -0.05) is 24.3 Å². The number of benzene rings is 1. The van der Waals surface area contributed by atoms with Crippen molar-refractivity contribution < 1.29 is 12.7 Å². The lowest BCUT2D eigenvalue weighted by Gasteiger charge is -2.20. The molecule has 0 radical (unpaired) electrons. The summed E-state index contributed by atoms with van der Waals surface area (Å²) in [6.45, 7) is 0. The zero-order valence-corrected chi connectivity index (χ0v) is 9.78. The number of hydroxylamine groups is 1. The van der Waals surface area contributed by atoms with Gasteiger partial charge in [0, 0.05) is 0 Å². The first-order chi connectivity index (χ1) is 7.46. The molecule has 0 fully saturated rings. The van der Waals surface area contributed by atoms with Gasteiger partial charge in [0.2, 0.25) is 0 Å². The highest BCUT2D eigenvalue weighted by Gasteiger charge is 2.27. The lowest BCUT2D eigenvalue weighted by molar-refractivity contribution is -0.0881. The molecular weight excluding hydrogens is 228 g/mol. The minimum atomic E-state index is -3.55. The van der Waals surface area contributed by atoms with Crippen molar-refractivity contribution in [3.8, 4) is 0 Å². The molecular formula is C10H14N2O3S. The molecule has 1 aliphatic rings. The highest BCUT2D eigenvalue weighted by Crippen LogP contribution is 2.24. The van der Waals surface area contributed by atoms with Gasteiger partial charge in [0.1, 0.15) is 0 Å². The van der Waals surface area contributed by atoms with E-state index in [9.17, 15) is 8.42 Å². The van der Waals surface area contributed by atoms with Gasteiger partial charge in [-0.05, 0) is 24.0 Å². The molecule has 1 aromatic carbocycles. The second-order valence-electron chi connectivity index (χ2n) is 3.97. The van der Waals surface area contributed by atoms with Crippen LogP contribution < -0.4 is 5.84 Å². The number of hydrazine groups is 1. The van der Waals surface area contributed by atoms with Gasteiger partial charge in [-0.15, -0.1) is 5.17 Å². The fraction of sp³-hybridized carbons (Fsp3) is 0.400. The molecule has 88 valence electrons. The summed E-state index contributed by atoms with van der Waals surface area (Å²) in [5, 5.41) is 0.940. The fourth-order valence-corrected chi connectivity index (χ4v) is 2.37. The first-order valence-corrected chi connectivity index (χ1v) is 6.77. The number of nitrogens with zero attached hydrogens (tertiary/aromatic N) is 1. The van der Waals surface area contributed by atoms with Gasteiger partial charge in [0.25, 0.3) is 10.1 Å². The number of rotatable bonds is 3. The van der Waals surface area contributed by atoms with Crippen LogP contribution >= 0.6 is 0 Å². The van der Waals surface area contributed by atoms with E-state index >= 15 is 0 Å². The third-order valence-electron chi connectivity index (χ3n) is 2.61. The molecule has 0 bridgehead atoms. The summed E-state index contributed by atoms with van der Waals surface area (Å²) in [5.41, 5.74) is 2.39. The van der Waals surface area contributed by atoms with E-state index in [0.717, 1.165) is 11.4 Å². The van der Waals surface area contributed by atoms with E-state index in [4.69, 9.17) is 5.84 Å². The van der Waals surface area contributed by atoms with Crippen molar-refractivity contribution in [2.45, 2.75) is 18.9 Å². The summed E-state index contributed by atoms with van der Waals surface area (Å²) in [6.07, 6.45) is 2.40. The molecule has 0 heterocycles. The Kier molecular flexibility index (Phi) is 2.98. The van der Waals surface area contributed by atoms with Gasteiger partial charge in [-0.2, -0.15) is 12.7 Å². The molecule has 2 N–H and O–H groups in total. The predicted octanol–water partition coefficient (Wildman–Crippen LogP) is 0.221. The van der Waals surface area contributed by atoms with Gasteiger partial charge in [0.15, 0.2) is 0 Å². The third-order valence-corrected chi connectivity index (χ3v) is 3.05. The average Bonchev–Trinajstić information content (AvgIpc) is 2.58. The maximum Gasteiger partial charge on any atom is 0.281 e. The lowest BCUT2D eigenvalue weighted by Crippen LogP contribution is -2.42. The molecule has 0 saturated heterocycles. The minimum Gasteiger partial charge on any atom is -0.244 e. The molecule has 0 spiro atoms. The SMILES string of the molecule is CS(=O)(=O)ON(N)C1Cc2ccccc2C1. The van der Waals surface area contributed by atoms with Gasteiger partial charge >= 0.3 is 0 Å². The Morgan fingerprint density at radius 2 is 1.81 bits per heavy atom. The molecule has 16 heavy (non-hydrogen) atoms. The first-order valence-electron chi connectivity index (χ1n) is 4.96. The van der Waals surface area contributed by atoms with E-state index < -0.39 is 10.1 Å². The number of hydrogen-bond donors (Lipinski definition) is 1. The summed E-state index contributed by atoms with van der Waals surface area (Å²) in [5.74, 6) is 5.58. The van der Waals surface area contributed by atoms with E-state index in [1.165, 1.54) is 11.1 Å². The highest BCUT2D eigenvalue weighted by atomic mass is 32.2. The Morgan fingerprint density at radius 1 is 1.31 bits per heavy atom. The van der Waals surface area contributed by atoms with Crippen LogP contribution in [0.4, 0.5) is 0 Å². The predicted molar refractivity (Wildman–Crippen MR) is 59.6 cm³/mol. The molecule has 0 aliphatic heterocycles. The number of fused-ring (bicyclic) bond motifs is 1.